The molecule has 0 saturated carbocycles. The fourth-order valence-electron chi connectivity index (χ4n) is 1.83. The molecule has 106 valence electrons. The molecule has 2 aromatic rings. The van der Waals surface area contributed by atoms with Crippen LogP contribution in [0.15, 0.2) is 18.2 Å². The Morgan fingerprint density at radius 3 is 2.45 bits per heavy atom. The van der Waals surface area contributed by atoms with E-state index in [0.29, 0.717) is 23.7 Å². The van der Waals surface area contributed by atoms with Crippen LogP contribution in [0, 0.1) is 12.7 Å². The van der Waals surface area contributed by atoms with Crippen molar-refractivity contribution in [3.05, 3.63) is 46.3 Å². The lowest BCUT2D eigenvalue weighted by Gasteiger charge is -2.09. The van der Waals surface area contributed by atoms with Crippen LogP contribution in [-0.4, -0.2) is 24.2 Å². The summed E-state index contributed by atoms with van der Waals surface area (Å²) in [6.07, 6.45) is 0.432. The number of hydrogen-bond acceptors (Lipinski definition) is 4. The first-order valence-corrected chi connectivity index (χ1v) is 6.32. The first kappa shape index (κ1) is 14.5. The van der Waals surface area contributed by atoms with E-state index in [4.69, 9.17) is 21.1 Å². The van der Waals surface area contributed by atoms with E-state index in [9.17, 15) is 4.39 Å². The minimum atomic E-state index is -0.581. The third kappa shape index (κ3) is 2.99. The van der Waals surface area contributed by atoms with Crippen molar-refractivity contribution in [2.45, 2.75) is 13.3 Å². The van der Waals surface area contributed by atoms with Crippen LogP contribution in [0.5, 0.6) is 11.5 Å². The normalized spacial score (nSPS) is 10.4. The highest BCUT2D eigenvalue weighted by Gasteiger charge is 2.11. The summed E-state index contributed by atoms with van der Waals surface area (Å²) in [5.74, 6) is 1.14. The van der Waals surface area contributed by atoms with Gasteiger partial charge in [-0.15, -0.1) is 0 Å². The predicted molar refractivity (Wildman–Crippen MR) is 74.1 cm³/mol. The summed E-state index contributed by atoms with van der Waals surface area (Å²) in [5, 5.41) is -0.159. The van der Waals surface area contributed by atoms with Crippen molar-refractivity contribution in [3.8, 4) is 11.5 Å². The zero-order chi connectivity index (χ0) is 14.7. The molecule has 0 amide bonds. The van der Waals surface area contributed by atoms with E-state index >= 15 is 0 Å². The van der Waals surface area contributed by atoms with Crippen molar-refractivity contribution < 1.29 is 13.9 Å². The maximum absolute atomic E-state index is 13.4. The van der Waals surface area contributed by atoms with Crippen LogP contribution < -0.4 is 9.47 Å². The largest absolute Gasteiger partial charge is 0.493 e. The second kappa shape index (κ2) is 6.05. The van der Waals surface area contributed by atoms with Gasteiger partial charge >= 0.3 is 0 Å². The molecule has 0 aliphatic carbocycles. The molecule has 1 heterocycles. The van der Waals surface area contributed by atoms with Crippen molar-refractivity contribution in [1.82, 2.24) is 9.97 Å². The first-order chi connectivity index (χ1) is 9.55. The zero-order valence-corrected chi connectivity index (χ0v) is 12.2. The number of halogens is 2. The maximum Gasteiger partial charge on any atom is 0.181 e. The summed E-state index contributed by atoms with van der Waals surface area (Å²) in [4.78, 5) is 8.02. The second-order valence-corrected chi connectivity index (χ2v) is 4.55. The Morgan fingerprint density at radius 1 is 1.15 bits per heavy atom. The van der Waals surface area contributed by atoms with Crippen LogP contribution in [0.25, 0.3) is 0 Å². The second-order valence-electron chi connectivity index (χ2n) is 4.20. The smallest absolute Gasteiger partial charge is 0.181 e. The molecule has 6 heteroatoms. The molecule has 0 fully saturated rings. The molecule has 0 unspecified atom stereocenters. The third-order valence-electron chi connectivity index (χ3n) is 2.83. The molecule has 0 aliphatic rings. The fourth-order valence-corrected chi connectivity index (χ4v) is 2.07. The Labute approximate surface area is 121 Å². The highest BCUT2D eigenvalue weighted by Crippen LogP contribution is 2.28. The molecule has 4 nitrogen and oxygen atoms in total. The molecule has 1 aromatic heterocycles. The summed E-state index contributed by atoms with van der Waals surface area (Å²) in [6, 6.07) is 5.50. The molecule has 0 spiro atoms. The first-order valence-electron chi connectivity index (χ1n) is 5.94. The summed E-state index contributed by atoms with van der Waals surface area (Å²) in [7, 11) is 3.14. The molecule has 0 N–H and O–H groups in total. The van der Waals surface area contributed by atoms with E-state index in [1.807, 2.05) is 12.1 Å². The summed E-state index contributed by atoms with van der Waals surface area (Å²) in [5.41, 5.74) is 1.16. The van der Waals surface area contributed by atoms with Crippen molar-refractivity contribution >= 4 is 11.6 Å². The number of hydrogen-bond donors (Lipinski definition) is 0. The van der Waals surface area contributed by atoms with Gasteiger partial charge in [0.25, 0.3) is 0 Å². The van der Waals surface area contributed by atoms with Gasteiger partial charge in [-0.05, 0) is 24.6 Å². The molecular weight excluding hydrogens is 283 g/mol. The quantitative estimate of drug-likeness (QED) is 0.813. The lowest BCUT2D eigenvalue weighted by molar-refractivity contribution is 0.354. The predicted octanol–water partition coefficient (Wildman–Crippen LogP) is 3.19. The van der Waals surface area contributed by atoms with E-state index in [-0.39, 0.29) is 10.8 Å². The standard InChI is InChI=1S/C14H14ClFN2O2/c1-8-13(16)14(15)18-12(17-8)7-9-4-5-10(19-2)11(6-9)20-3/h4-6H,7H2,1-3H3. The van der Waals surface area contributed by atoms with Crippen molar-refractivity contribution in [3.63, 3.8) is 0 Å². The van der Waals surface area contributed by atoms with Crippen LogP contribution in [0.1, 0.15) is 17.1 Å². The average molecular weight is 297 g/mol. The lowest BCUT2D eigenvalue weighted by atomic mass is 10.1. The Morgan fingerprint density at radius 2 is 1.85 bits per heavy atom. The van der Waals surface area contributed by atoms with Crippen molar-refractivity contribution in [1.29, 1.82) is 0 Å². The number of rotatable bonds is 4. The lowest BCUT2D eigenvalue weighted by Crippen LogP contribution is -2.02. The molecule has 0 radical (unpaired) electrons. The molecule has 0 saturated heterocycles. The van der Waals surface area contributed by atoms with E-state index < -0.39 is 5.82 Å². The minimum absolute atomic E-state index is 0.159. The SMILES string of the molecule is COc1ccc(Cc2nc(C)c(F)c(Cl)n2)cc1OC. The highest BCUT2D eigenvalue weighted by atomic mass is 35.5. The summed E-state index contributed by atoms with van der Waals surface area (Å²) >= 11 is 5.72. The molecule has 0 atom stereocenters. The number of aromatic nitrogens is 2. The number of benzene rings is 1. The highest BCUT2D eigenvalue weighted by molar-refractivity contribution is 6.29. The van der Waals surface area contributed by atoms with Crippen molar-refractivity contribution in [2.75, 3.05) is 14.2 Å². The van der Waals surface area contributed by atoms with Gasteiger partial charge in [0.05, 0.1) is 19.9 Å². The fraction of sp³-hybridized carbons (Fsp3) is 0.286. The van der Waals surface area contributed by atoms with E-state index in [1.165, 1.54) is 0 Å². The van der Waals surface area contributed by atoms with Crippen LogP contribution in [0.3, 0.4) is 0 Å². The molecule has 0 aliphatic heterocycles. The van der Waals surface area contributed by atoms with Gasteiger partial charge in [-0.3, -0.25) is 0 Å². The van der Waals surface area contributed by atoms with Gasteiger partial charge in [0, 0.05) is 6.42 Å². The molecule has 0 bridgehead atoms. The Kier molecular flexibility index (Phi) is 4.39. The van der Waals surface area contributed by atoms with E-state index in [2.05, 4.69) is 9.97 Å². The molecule has 2 rings (SSSR count). The van der Waals surface area contributed by atoms with E-state index in [1.54, 1.807) is 27.2 Å². The molecule has 1 aromatic carbocycles. The minimum Gasteiger partial charge on any atom is -0.493 e. The van der Waals surface area contributed by atoms with Crippen molar-refractivity contribution in [2.24, 2.45) is 0 Å². The van der Waals surface area contributed by atoms with E-state index in [0.717, 1.165) is 5.56 Å². The topological polar surface area (TPSA) is 44.2 Å². The number of aryl methyl sites for hydroxylation is 1. The van der Waals surface area contributed by atoms with Gasteiger partial charge in [-0.25, -0.2) is 14.4 Å². The van der Waals surface area contributed by atoms with Gasteiger partial charge in [-0.1, -0.05) is 17.7 Å². The van der Waals surface area contributed by atoms with Crippen LogP contribution in [-0.2, 0) is 6.42 Å². The van der Waals surface area contributed by atoms with Gasteiger partial charge in [-0.2, -0.15) is 0 Å². The number of ether oxygens (including phenoxy) is 2. The van der Waals surface area contributed by atoms with Gasteiger partial charge in [0.1, 0.15) is 5.82 Å². The monoisotopic (exact) mass is 296 g/mol. The van der Waals surface area contributed by atoms with Gasteiger partial charge in [0.15, 0.2) is 22.5 Å². The van der Waals surface area contributed by atoms with Gasteiger partial charge < -0.3 is 9.47 Å². The average Bonchev–Trinajstić information content (AvgIpc) is 2.44. The zero-order valence-electron chi connectivity index (χ0n) is 11.4. The van der Waals surface area contributed by atoms with Crippen LogP contribution in [0.2, 0.25) is 5.15 Å². The third-order valence-corrected chi connectivity index (χ3v) is 3.08. The molecular formula is C14H14ClFN2O2. The summed E-state index contributed by atoms with van der Waals surface area (Å²) < 4.78 is 23.8. The maximum atomic E-state index is 13.4. The number of methoxy groups -OCH3 is 2. The Balaban J connectivity index is 2.30. The van der Waals surface area contributed by atoms with Gasteiger partial charge in [0.2, 0.25) is 0 Å². The summed E-state index contributed by atoms with van der Waals surface area (Å²) in [6.45, 7) is 1.56. The van der Waals surface area contributed by atoms with Crippen LogP contribution >= 0.6 is 11.6 Å². The Hall–Kier alpha value is -1.88. The van der Waals surface area contributed by atoms with Crippen LogP contribution in [0.4, 0.5) is 4.39 Å². The Bertz CT molecular complexity index is 612. The molecule has 20 heavy (non-hydrogen) atoms. The number of nitrogens with zero attached hydrogens (tertiary/aromatic N) is 2.